The van der Waals surface area contributed by atoms with Gasteiger partial charge in [-0.25, -0.2) is 8.78 Å². The van der Waals surface area contributed by atoms with Crippen molar-refractivity contribution in [3.63, 3.8) is 0 Å². The molecule has 1 saturated carbocycles. The molecule has 0 unspecified atom stereocenters. The van der Waals surface area contributed by atoms with Crippen LogP contribution >= 0.6 is 0 Å². The molecule has 0 spiro atoms. The molecule has 37 heavy (non-hydrogen) atoms. The van der Waals surface area contributed by atoms with E-state index in [4.69, 9.17) is 9.47 Å². The maximum atomic E-state index is 15.0. The highest BCUT2D eigenvalue weighted by Crippen LogP contribution is 2.34. The van der Waals surface area contributed by atoms with Crippen molar-refractivity contribution in [1.29, 1.82) is 0 Å². The first-order chi connectivity index (χ1) is 18.0. The summed E-state index contributed by atoms with van der Waals surface area (Å²) >= 11 is 0. The quantitative estimate of drug-likeness (QED) is 0.239. The highest BCUT2D eigenvalue weighted by atomic mass is 19.2. The van der Waals surface area contributed by atoms with Gasteiger partial charge in [0, 0.05) is 17.2 Å². The molecule has 1 fully saturated rings. The van der Waals surface area contributed by atoms with Crippen LogP contribution in [0.4, 0.5) is 13.2 Å². The van der Waals surface area contributed by atoms with Gasteiger partial charge in [-0.05, 0) is 67.0 Å². The summed E-state index contributed by atoms with van der Waals surface area (Å²) in [5, 5.41) is 0. The summed E-state index contributed by atoms with van der Waals surface area (Å²) in [5.41, 5.74) is 1.72. The van der Waals surface area contributed by atoms with Crippen molar-refractivity contribution < 1.29 is 22.6 Å². The fraction of sp³-hybridized carbons (Fsp3) is 0.438. The number of unbranched alkanes of at least 4 members (excludes halogenated alkanes) is 2. The molecule has 0 amide bonds. The Bertz CT molecular complexity index is 1150. The van der Waals surface area contributed by atoms with Crippen molar-refractivity contribution in [2.75, 3.05) is 13.2 Å². The number of halogens is 3. The van der Waals surface area contributed by atoms with Gasteiger partial charge in [0.15, 0.2) is 11.6 Å². The molecular weight excluding hydrogens is 473 g/mol. The van der Waals surface area contributed by atoms with Crippen LogP contribution in [0.15, 0.2) is 54.6 Å². The van der Waals surface area contributed by atoms with Gasteiger partial charge in [0.1, 0.15) is 11.6 Å². The summed E-state index contributed by atoms with van der Waals surface area (Å²) in [7, 11) is 0. The molecule has 3 aromatic rings. The van der Waals surface area contributed by atoms with E-state index < -0.39 is 11.6 Å². The lowest BCUT2D eigenvalue weighted by molar-refractivity contribution is 0.177. The van der Waals surface area contributed by atoms with Crippen LogP contribution in [0.5, 0.6) is 11.5 Å². The Balaban J connectivity index is 1.35. The summed E-state index contributed by atoms with van der Waals surface area (Å²) in [5.74, 6) is -0.527. The summed E-state index contributed by atoms with van der Waals surface area (Å²) in [6, 6.07) is 14.6. The molecule has 3 aromatic carbocycles. The van der Waals surface area contributed by atoms with Crippen molar-refractivity contribution in [3.8, 4) is 33.8 Å². The molecule has 0 aromatic heterocycles. The van der Waals surface area contributed by atoms with E-state index in [2.05, 4.69) is 6.92 Å². The minimum Gasteiger partial charge on any atom is -0.493 e. The second kappa shape index (κ2) is 13.0. The molecule has 0 atom stereocenters. The minimum absolute atomic E-state index is 0.111. The van der Waals surface area contributed by atoms with E-state index in [0.717, 1.165) is 5.92 Å². The molecule has 5 heteroatoms. The Morgan fingerprint density at radius 2 is 1.35 bits per heavy atom. The van der Waals surface area contributed by atoms with E-state index in [9.17, 15) is 13.2 Å². The second-order valence-corrected chi connectivity index (χ2v) is 10.1. The zero-order valence-corrected chi connectivity index (χ0v) is 21.9. The highest BCUT2D eigenvalue weighted by molar-refractivity contribution is 5.71. The van der Waals surface area contributed by atoms with E-state index in [-0.39, 0.29) is 23.7 Å². The van der Waals surface area contributed by atoms with Crippen molar-refractivity contribution in [2.45, 2.75) is 65.2 Å². The summed E-state index contributed by atoms with van der Waals surface area (Å²) in [6.07, 6.45) is 10.2. The van der Waals surface area contributed by atoms with Crippen molar-refractivity contribution in [1.82, 2.24) is 0 Å². The molecule has 198 valence electrons. The predicted octanol–water partition coefficient (Wildman–Crippen LogP) is 9.60. The Hall–Kier alpha value is -2.95. The van der Waals surface area contributed by atoms with Crippen LogP contribution in [0.25, 0.3) is 22.3 Å². The van der Waals surface area contributed by atoms with E-state index >= 15 is 0 Å². The number of ether oxygens (including phenoxy) is 2. The van der Waals surface area contributed by atoms with Gasteiger partial charge in [-0.3, -0.25) is 0 Å². The van der Waals surface area contributed by atoms with Crippen LogP contribution in [0.1, 0.15) is 65.2 Å². The van der Waals surface area contributed by atoms with Crippen LogP contribution in [0.3, 0.4) is 0 Å². The number of rotatable bonds is 11. The van der Waals surface area contributed by atoms with E-state index in [0.29, 0.717) is 35.0 Å². The molecule has 0 heterocycles. The van der Waals surface area contributed by atoms with Gasteiger partial charge in [-0.2, -0.15) is 4.39 Å². The first kappa shape index (κ1) is 27.1. The third-order valence-electron chi connectivity index (χ3n) is 7.46. The van der Waals surface area contributed by atoms with Crippen molar-refractivity contribution in [3.05, 3.63) is 72.0 Å². The third-order valence-corrected chi connectivity index (χ3v) is 7.46. The lowest BCUT2D eigenvalue weighted by Crippen LogP contribution is -2.20. The first-order valence-corrected chi connectivity index (χ1v) is 13.6. The highest BCUT2D eigenvalue weighted by Gasteiger charge is 2.21. The molecule has 1 aliphatic rings. The molecule has 0 N–H and O–H groups in total. The summed E-state index contributed by atoms with van der Waals surface area (Å²) in [6.45, 7) is 4.83. The standard InChI is InChI=1S/C32H37F3O2/c1-3-5-6-7-22-8-10-23(11-9-22)21-37-26-16-17-27(29(33)20-26)24-12-14-25(15-13-24)28-18-19-30(36-4-2)32(35)31(28)34/h12-20,22-23H,3-11,21H2,1-2H3. The normalized spacial score (nSPS) is 17.5. The van der Waals surface area contributed by atoms with E-state index in [1.165, 1.54) is 69.6 Å². The van der Waals surface area contributed by atoms with Crippen molar-refractivity contribution in [2.24, 2.45) is 11.8 Å². The van der Waals surface area contributed by atoms with Gasteiger partial charge < -0.3 is 9.47 Å². The molecule has 4 rings (SSSR count). The molecule has 0 aliphatic heterocycles. The topological polar surface area (TPSA) is 18.5 Å². The number of hydrogen-bond donors (Lipinski definition) is 0. The lowest BCUT2D eigenvalue weighted by Gasteiger charge is -2.28. The van der Waals surface area contributed by atoms with Gasteiger partial charge >= 0.3 is 0 Å². The Morgan fingerprint density at radius 3 is 2.00 bits per heavy atom. The Kier molecular flexibility index (Phi) is 9.54. The second-order valence-electron chi connectivity index (χ2n) is 10.1. The molecule has 2 nitrogen and oxygen atoms in total. The van der Waals surface area contributed by atoms with E-state index in [1.54, 1.807) is 43.3 Å². The summed E-state index contributed by atoms with van der Waals surface area (Å²) < 4.78 is 54.8. The number of hydrogen-bond acceptors (Lipinski definition) is 2. The van der Waals surface area contributed by atoms with Crippen LogP contribution < -0.4 is 9.47 Å². The Morgan fingerprint density at radius 1 is 0.703 bits per heavy atom. The smallest absolute Gasteiger partial charge is 0.201 e. The molecular formula is C32H37F3O2. The first-order valence-electron chi connectivity index (χ1n) is 13.6. The minimum atomic E-state index is -1.01. The average molecular weight is 511 g/mol. The fourth-order valence-corrected chi connectivity index (χ4v) is 5.25. The zero-order valence-electron chi connectivity index (χ0n) is 21.9. The van der Waals surface area contributed by atoms with Crippen molar-refractivity contribution >= 4 is 0 Å². The predicted molar refractivity (Wildman–Crippen MR) is 143 cm³/mol. The van der Waals surface area contributed by atoms with Crippen LogP contribution in [0.2, 0.25) is 0 Å². The SMILES string of the molecule is CCCCCC1CCC(COc2ccc(-c3ccc(-c4ccc(OCC)c(F)c4F)cc3)c(F)c2)CC1. The summed E-state index contributed by atoms with van der Waals surface area (Å²) in [4.78, 5) is 0. The fourth-order valence-electron chi connectivity index (χ4n) is 5.25. The van der Waals surface area contributed by atoms with E-state index in [1.807, 2.05) is 0 Å². The van der Waals surface area contributed by atoms with Crippen LogP contribution in [-0.4, -0.2) is 13.2 Å². The molecule has 0 bridgehead atoms. The lowest BCUT2D eigenvalue weighted by atomic mass is 9.80. The molecule has 0 saturated heterocycles. The zero-order chi connectivity index (χ0) is 26.2. The van der Waals surface area contributed by atoms with Crippen LogP contribution in [-0.2, 0) is 0 Å². The molecule has 1 aliphatic carbocycles. The molecule has 0 radical (unpaired) electrons. The maximum absolute atomic E-state index is 15.0. The van der Waals surface area contributed by atoms with Gasteiger partial charge in [0.25, 0.3) is 0 Å². The largest absolute Gasteiger partial charge is 0.493 e. The maximum Gasteiger partial charge on any atom is 0.201 e. The van der Waals surface area contributed by atoms with Crippen LogP contribution in [0, 0.1) is 29.3 Å². The average Bonchev–Trinajstić information content (AvgIpc) is 2.91. The van der Waals surface area contributed by atoms with Gasteiger partial charge in [0.05, 0.1) is 13.2 Å². The van der Waals surface area contributed by atoms with Gasteiger partial charge in [0.2, 0.25) is 5.82 Å². The Labute approximate surface area is 218 Å². The van der Waals surface area contributed by atoms with Gasteiger partial charge in [-0.15, -0.1) is 0 Å². The monoisotopic (exact) mass is 510 g/mol. The number of benzene rings is 3. The third kappa shape index (κ3) is 6.88. The van der Waals surface area contributed by atoms with Gasteiger partial charge in [-0.1, -0.05) is 69.7 Å².